The van der Waals surface area contributed by atoms with Gasteiger partial charge in [-0.15, -0.1) is 0 Å². The lowest BCUT2D eigenvalue weighted by molar-refractivity contribution is 0.137. The molecule has 1 aromatic carbocycles. The van der Waals surface area contributed by atoms with Gasteiger partial charge in [-0.05, 0) is 44.0 Å². The Morgan fingerprint density at radius 1 is 1.15 bits per heavy atom. The minimum Gasteiger partial charge on any atom is -0.497 e. The largest absolute Gasteiger partial charge is 0.497 e. The van der Waals surface area contributed by atoms with Gasteiger partial charge < -0.3 is 9.47 Å². The summed E-state index contributed by atoms with van der Waals surface area (Å²) in [5.41, 5.74) is 2.65. The summed E-state index contributed by atoms with van der Waals surface area (Å²) in [4.78, 5) is 2.53. The number of ether oxygens (including phenoxy) is 2. The van der Waals surface area contributed by atoms with Crippen LogP contribution in [-0.4, -0.2) is 38.3 Å². The molecule has 0 aliphatic carbocycles. The highest BCUT2D eigenvalue weighted by molar-refractivity contribution is 5.73. The third-order valence-corrected chi connectivity index (χ3v) is 4.74. The van der Waals surface area contributed by atoms with E-state index >= 15 is 0 Å². The van der Waals surface area contributed by atoms with Crippen LogP contribution >= 0.6 is 0 Å². The molecule has 0 spiro atoms. The summed E-state index contributed by atoms with van der Waals surface area (Å²) in [5.74, 6) is 1.76. The van der Waals surface area contributed by atoms with Gasteiger partial charge in [0.25, 0.3) is 0 Å². The molecule has 0 radical (unpaired) electrons. The molecule has 2 aliphatic rings. The predicted octanol–water partition coefficient (Wildman–Crippen LogP) is 3.34. The van der Waals surface area contributed by atoms with E-state index in [9.17, 15) is 0 Å². The minimum absolute atomic E-state index is 0.587. The molecule has 1 saturated heterocycles. The van der Waals surface area contributed by atoms with E-state index in [2.05, 4.69) is 24.1 Å². The molecule has 0 saturated carbocycles. The lowest BCUT2D eigenvalue weighted by Gasteiger charge is -2.43. The first kappa shape index (κ1) is 13.5. The highest BCUT2D eigenvalue weighted by Crippen LogP contribution is 2.39. The molecular weight excluding hydrogens is 250 g/mol. The number of hydrogen-bond donors (Lipinski definition) is 0. The summed E-state index contributed by atoms with van der Waals surface area (Å²) >= 11 is 0. The summed E-state index contributed by atoms with van der Waals surface area (Å²) in [7, 11) is 5.68. The molecule has 3 rings (SSSR count). The highest BCUT2D eigenvalue weighted by Gasteiger charge is 2.32. The third kappa shape index (κ3) is 2.31. The van der Waals surface area contributed by atoms with Gasteiger partial charge in [-0.2, -0.15) is 0 Å². The molecule has 3 heteroatoms. The van der Waals surface area contributed by atoms with Crippen LogP contribution in [0.2, 0.25) is 0 Å². The number of likely N-dealkylation sites (N-methyl/N-ethyl adjacent to an activating group) is 1. The van der Waals surface area contributed by atoms with Gasteiger partial charge in [0.05, 0.1) is 14.2 Å². The van der Waals surface area contributed by atoms with Crippen LogP contribution in [0.5, 0.6) is 11.5 Å². The van der Waals surface area contributed by atoms with E-state index in [1.807, 2.05) is 12.1 Å². The van der Waals surface area contributed by atoms with E-state index in [0.29, 0.717) is 12.1 Å². The second kappa shape index (κ2) is 5.49. The lowest BCUT2D eigenvalue weighted by Crippen LogP contribution is -2.45. The van der Waals surface area contributed by atoms with Crippen molar-refractivity contribution in [2.45, 2.75) is 37.8 Å². The Morgan fingerprint density at radius 3 is 2.70 bits per heavy atom. The van der Waals surface area contributed by atoms with Gasteiger partial charge in [-0.1, -0.05) is 12.5 Å². The van der Waals surface area contributed by atoms with Crippen molar-refractivity contribution in [3.8, 4) is 11.5 Å². The van der Waals surface area contributed by atoms with Crippen LogP contribution in [0.3, 0.4) is 0 Å². The normalized spacial score (nSPS) is 26.1. The van der Waals surface area contributed by atoms with E-state index in [1.54, 1.807) is 14.2 Å². The van der Waals surface area contributed by atoms with Crippen LogP contribution in [0.1, 0.15) is 31.2 Å². The van der Waals surface area contributed by atoms with Crippen molar-refractivity contribution in [2.24, 2.45) is 0 Å². The van der Waals surface area contributed by atoms with Crippen molar-refractivity contribution in [1.29, 1.82) is 0 Å². The number of hydrogen-bond acceptors (Lipinski definition) is 3. The number of benzene rings is 1. The first-order valence-corrected chi connectivity index (χ1v) is 7.38. The smallest absolute Gasteiger partial charge is 0.130 e. The summed E-state index contributed by atoms with van der Waals surface area (Å²) in [5, 5.41) is 0. The van der Waals surface area contributed by atoms with Crippen molar-refractivity contribution >= 4 is 5.57 Å². The van der Waals surface area contributed by atoms with Crippen molar-refractivity contribution in [1.82, 2.24) is 4.90 Å². The van der Waals surface area contributed by atoms with Gasteiger partial charge >= 0.3 is 0 Å². The molecule has 2 aliphatic heterocycles. The molecule has 20 heavy (non-hydrogen) atoms. The van der Waals surface area contributed by atoms with Crippen LogP contribution < -0.4 is 9.47 Å². The second-order valence-electron chi connectivity index (χ2n) is 5.78. The Hall–Kier alpha value is -1.48. The molecule has 1 fully saturated rings. The standard InChI is InChI=1S/C17H23NO2/c1-18-13-5-4-6-14(18)10-12(9-13)16-8-7-15(19-2)11-17(16)20-3/h7-9,11,13-14H,4-6,10H2,1-3H3. The highest BCUT2D eigenvalue weighted by atomic mass is 16.5. The number of rotatable bonds is 3. The average Bonchev–Trinajstić information content (AvgIpc) is 2.46. The fraction of sp³-hybridized carbons (Fsp3) is 0.529. The van der Waals surface area contributed by atoms with Crippen LogP contribution in [0.15, 0.2) is 24.3 Å². The molecule has 108 valence electrons. The Bertz CT molecular complexity index is 524. The maximum atomic E-state index is 5.56. The Labute approximate surface area is 121 Å². The van der Waals surface area contributed by atoms with Gasteiger partial charge in [-0.25, -0.2) is 0 Å². The molecule has 0 amide bonds. The Morgan fingerprint density at radius 2 is 2.00 bits per heavy atom. The van der Waals surface area contributed by atoms with Crippen molar-refractivity contribution < 1.29 is 9.47 Å². The van der Waals surface area contributed by atoms with E-state index in [0.717, 1.165) is 17.9 Å². The van der Waals surface area contributed by atoms with E-state index in [1.165, 1.54) is 30.4 Å². The van der Waals surface area contributed by atoms with Crippen molar-refractivity contribution in [2.75, 3.05) is 21.3 Å². The predicted molar refractivity (Wildman–Crippen MR) is 81.3 cm³/mol. The van der Waals surface area contributed by atoms with Gasteiger partial charge in [0.15, 0.2) is 0 Å². The first-order chi connectivity index (χ1) is 9.72. The maximum Gasteiger partial charge on any atom is 0.130 e. The van der Waals surface area contributed by atoms with Crippen molar-refractivity contribution in [3.05, 3.63) is 29.8 Å². The molecule has 2 heterocycles. The zero-order valence-electron chi connectivity index (χ0n) is 12.6. The topological polar surface area (TPSA) is 21.7 Å². The monoisotopic (exact) mass is 273 g/mol. The van der Waals surface area contributed by atoms with E-state index in [-0.39, 0.29) is 0 Å². The van der Waals surface area contributed by atoms with E-state index < -0.39 is 0 Å². The molecule has 2 unspecified atom stereocenters. The molecule has 2 bridgehead atoms. The van der Waals surface area contributed by atoms with Crippen LogP contribution in [0, 0.1) is 0 Å². The molecule has 1 aromatic rings. The van der Waals surface area contributed by atoms with Crippen LogP contribution in [-0.2, 0) is 0 Å². The van der Waals surface area contributed by atoms with E-state index in [4.69, 9.17) is 9.47 Å². The summed E-state index contributed by atoms with van der Waals surface area (Å²) in [6, 6.07) is 7.39. The number of nitrogens with zero attached hydrogens (tertiary/aromatic N) is 1. The lowest BCUT2D eigenvalue weighted by atomic mass is 9.83. The van der Waals surface area contributed by atoms with Gasteiger partial charge in [0.2, 0.25) is 0 Å². The number of piperidine rings is 1. The first-order valence-electron chi connectivity index (χ1n) is 7.38. The molecule has 3 nitrogen and oxygen atoms in total. The summed E-state index contributed by atoms with van der Waals surface area (Å²) in [6.07, 6.45) is 7.48. The summed E-state index contributed by atoms with van der Waals surface area (Å²) < 4.78 is 10.8. The van der Waals surface area contributed by atoms with Gasteiger partial charge in [0, 0.05) is 23.7 Å². The molecule has 0 aromatic heterocycles. The average molecular weight is 273 g/mol. The zero-order chi connectivity index (χ0) is 14.1. The van der Waals surface area contributed by atoms with Crippen molar-refractivity contribution in [3.63, 3.8) is 0 Å². The maximum absolute atomic E-state index is 5.56. The van der Waals surface area contributed by atoms with Gasteiger partial charge in [-0.3, -0.25) is 4.90 Å². The molecule has 2 atom stereocenters. The van der Waals surface area contributed by atoms with Crippen LogP contribution in [0.4, 0.5) is 0 Å². The minimum atomic E-state index is 0.587. The number of methoxy groups -OCH3 is 2. The second-order valence-corrected chi connectivity index (χ2v) is 5.78. The summed E-state index contributed by atoms with van der Waals surface area (Å²) in [6.45, 7) is 0. The Balaban J connectivity index is 1.97. The molecular formula is C17H23NO2. The zero-order valence-corrected chi connectivity index (χ0v) is 12.6. The third-order valence-electron chi connectivity index (χ3n) is 4.74. The fourth-order valence-corrected chi connectivity index (χ4v) is 3.51. The quantitative estimate of drug-likeness (QED) is 0.843. The molecule has 0 N–H and O–H groups in total. The fourth-order valence-electron chi connectivity index (χ4n) is 3.51. The number of fused-ring (bicyclic) bond motifs is 2. The SMILES string of the molecule is COc1ccc(C2=CC3CCCC(C2)N3C)c(OC)c1. The Kier molecular flexibility index (Phi) is 3.70. The van der Waals surface area contributed by atoms with Crippen LogP contribution in [0.25, 0.3) is 5.57 Å². The van der Waals surface area contributed by atoms with Gasteiger partial charge in [0.1, 0.15) is 11.5 Å².